The summed E-state index contributed by atoms with van der Waals surface area (Å²) in [6, 6.07) is 9.91. The van der Waals surface area contributed by atoms with Crippen molar-refractivity contribution in [1.29, 1.82) is 0 Å². The first kappa shape index (κ1) is 12.8. The van der Waals surface area contributed by atoms with E-state index in [0.717, 1.165) is 12.0 Å². The van der Waals surface area contributed by atoms with E-state index < -0.39 is 0 Å². The molecule has 2 atom stereocenters. The van der Waals surface area contributed by atoms with E-state index in [9.17, 15) is 4.79 Å². The molecule has 3 rings (SSSR count). The molecule has 0 spiro atoms. The molecule has 20 heavy (non-hydrogen) atoms. The van der Waals surface area contributed by atoms with Crippen molar-refractivity contribution >= 4 is 5.97 Å². The maximum Gasteiger partial charge on any atom is 0.309 e. The lowest BCUT2D eigenvalue weighted by Crippen LogP contribution is -2.07. The highest BCUT2D eigenvalue weighted by Crippen LogP contribution is 2.38. The Morgan fingerprint density at radius 2 is 2.15 bits per heavy atom. The molecule has 0 bridgehead atoms. The van der Waals surface area contributed by atoms with Crippen LogP contribution in [0.4, 0.5) is 0 Å². The Morgan fingerprint density at radius 3 is 2.85 bits per heavy atom. The molecule has 1 aromatic heterocycles. The van der Waals surface area contributed by atoms with E-state index in [1.54, 1.807) is 0 Å². The molecule has 0 radical (unpaired) electrons. The van der Waals surface area contributed by atoms with Gasteiger partial charge in [-0.05, 0) is 17.9 Å². The summed E-state index contributed by atoms with van der Waals surface area (Å²) in [5.74, 6) is 1.28. The van der Waals surface area contributed by atoms with Crippen LogP contribution >= 0.6 is 0 Å². The summed E-state index contributed by atoms with van der Waals surface area (Å²) in [7, 11) is 0. The second-order valence-corrected chi connectivity index (χ2v) is 5.19. The Kier molecular flexibility index (Phi) is 3.50. The van der Waals surface area contributed by atoms with Gasteiger partial charge in [0.25, 0.3) is 5.89 Å². The van der Waals surface area contributed by atoms with Crippen molar-refractivity contribution in [3.63, 3.8) is 0 Å². The van der Waals surface area contributed by atoms with Crippen molar-refractivity contribution in [2.45, 2.75) is 26.4 Å². The average molecular weight is 272 g/mol. The molecule has 2 aromatic rings. The van der Waals surface area contributed by atoms with Gasteiger partial charge in [-0.25, -0.2) is 0 Å². The highest BCUT2D eigenvalue weighted by molar-refractivity contribution is 5.75. The van der Waals surface area contributed by atoms with Crippen LogP contribution in [0, 0.1) is 11.8 Å². The molecule has 104 valence electrons. The zero-order valence-electron chi connectivity index (χ0n) is 11.3. The fraction of sp³-hybridized carbons (Fsp3) is 0.400. The summed E-state index contributed by atoms with van der Waals surface area (Å²) < 4.78 is 10.2. The van der Waals surface area contributed by atoms with Crippen molar-refractivity contribution < 1.29 is 14.1 Å². The van der Waals surface area contributed by atoms with Crippen LogP contribution in [0.2, 0.25) is 0 Å². The number of ether oxygens (including phenoxy) is 1. The Balaban J connectivity index is 1.53. The predicted molar refractivity (Wildman–Crippen MR) is 70.6 cm³/mol. The van der Waals surface area contributed by atoms with E-state index in [-0.39, 0.29) is 18.5 Å². The van der Waals surface area contributed by atoms with Crippen molar-refractivity contribution in [3.8, 4) is 0 Å². The molecule has 1 aromatic carbocycles. The smallest absolute Gasteiger partial charge is 0.309 e. The van der Waals surface area contributed by atoms with E-state index in [1.165, 1.54) is 0 Å². The molecule has 0 N–H and O–H groups in total. The van der Waals surface area contributed by atoms with Gasteiger partial charge in [-0.2, -0.15) is 4.98 Å². The van der Waals surface area contributed by atoms with Crippen LogP contribution in [0.3, 0.4) is 0 Å². The van der Waals surface area contributed by atoms with Gasteiger partial charge in [-0.15, -0.1) is 0 Å². The maximum absolute atomic E-state index is 11.6. The number of rotatable bonds is 5. The molecule has 1 saturated carbocycles. The highest BCUT2D eigenvalue weighted by atomic mass is 16.6. The van der Waals surface area contributed by atoms with Crippen LogP contribution in [0.15, 0.2) is 34.9 Å². The fourth-order valence-electron chi connectivity index (χ4n) is 2.09. The molecule has 0 unspecified atom stereocenters. The minimum Gasteiger partial charge on any atom is -0.455 e. The molecule has 5 nitrogen and oxygen atoms in total. The topological polar surface area (TPSA) is 65.2 Å². The summed E-state index contributed by atoms with van der Waals surface area (Å²) in [4.78, 5) is 15.8. The molecular formula is C15H16N2O3. The Morgan fingerprint density at radius 1 is 1.40 bits per heavy atom. The number of aromatic nitrogens is 2. The lowest BCUT2D eigenvalue weighted by molar-refractivity contribution is -0.147. The zero-order chi connectivity index (χ0) is 13.9. The van der Waals surface area contributed by atoms with Gasteiger partial charge in [-0.1, -0.05) is 42.4 Å². The first-order valence-electron chi connectivity index (χ1n) is 6.74. The van der Waals surface area contributed by atoms with Gasteiger partial charge < -0.3 is 9.26 Å². The van der Waals surface area contributed by atoms with Gasteiger partial charge in [0.1, 0.15) is 0 Å². The number of benzene rings is 1. The Labute approximate surface area is 116 Å². The van der Waals surface area contributed by atoms with Gasteiger partial charge in [0.15, 0.2) is 12.4 Å². The molecule has 1 aliphatic carbocycles. The Bertz CT molecular complexity index is 594. The molecule has 1 aliphatic rings. The van der Waals surface area contributed by atoms with Gasteiger partial charge in [-0.3, -0.25) is 4.79 Å². The van der Waals surface area contributed by atoms with Gasteiger partial charge in [0, 0.05) is 6.42 Å². The van der Waals surface area contributed by atoms with Crippen LogP contribution in [0.1, 0.15) is 30.6 Å². The van der Waals surface area contributed by atoms with E-state index in [1.807, 2.05) is 37.3 Å². The van der Waals surface area contributed by atoms with Gasteiger partial charge >= 0.3 is 5.97 Å². The summed E-state index contributed by atoms with van der Waals surface area (Å²) in [6.07, 6.45) is 1.53. The SMILES string of the molecule is C[C@@H]1C[C@H]1C(=O)OCc1nc(Cc2ccccc2)no1. The number of hydrogen-bond donors (Lipinski definition) is 0. The highest BCUT2D eigenvalue weighted by Gasteiger charge is 2.40. The predicted octanol–water partition coefficient (Wildman–Crippen LogP) is 2.36. The maximum atomic E-state index is 11.6. The number of carbonyl (C=O) groups is 1. The van der Waals surface area contributed by atoms with E-state index in [4.69, 9.17) is 9.26 Å². The molecular weight excluding hydrogens is 256 g/mol. The van der Waals surface area contributed by atoms with Gasteiger partial charge in [0.05, 0.1) is 5.92 Å². The van der Waals surface area contributed by atoms with Crippen molar-refractivity contribution in [1.82, 2.24) is 10.1 Å². The zero-order valence-corrected chi connectivity index (χ0v) is 11.3. The van der Waals surface area contributed by atoms with Crippen LogP contribution < -0.4 is 0 Å². The first-order valence-corrected chi connectivity index (χ1v) is 6.74. The van der Waals surface area contributed by atoms with E-state index in [2.05, 4.69) is 10.1 Å². The van der Waals surface area contributed by atoms with E-state index >= 15 is 0 Å². The third kappa shape index (κ3) is 3.04. The van der Waals surface area contributed by atoms with Crippen molar-refractivity contribution in [3.05, 3.63) is 47.6 Å². The Hall–Kier alpha value is -2.17. The summed E-state index contributed by atoms with van der Waals surface area (Å²) >= 11 is 0. The average Bonchev–Trinajstić information content (AvgIpc) is 3.02. The van der Waals surface area contributed by atoms with E-state index in [0.29, 0.717) is 24.1 Å². The minimum absolute atomic E-state index is 0.0571. The summed E-state index contributed by atoms with van der Waals surface area (Å²) in [6.45, 7) is 2.10. The summed E-state index contributed by atoms with van der Waals surface area (Å²) in [5.41, 5.74) is 1.11. The third-order valence-electron chi connectivity index (χ3n) is 3.47. The third-order valence-corrected chi connectivity index (χ3v) is 3.47. The fourth-order valence-corrected chi connectivity index (χ4v) is 2.09. The van der Waals surface area contributed by atoms with Crippen LogP contribution in [-0.2, 0) is 22.6 Å². The molecule has 5 heteroatoms. The second-order valence-electron chi connectivity index (χ2n) is 5.19. The summed E-state index contributed by atoms with van der Waals surface area (Å²) in [5, 5.41) is 3.89. The second kappa shape index (κ2) is 5.45. The van der Waals surface area contributed by atoms with Crippen molar-refractivity contribution in [2.75, 3.05) is 0 Å². The molecule has 1 fully saturated rings. The molecule has 1 heterocycles. The largest absolute Gasteiger partial charge is 0.455 e. The number of esters is 1. The van der Waals surface area contributed by atoms with Crippen LogP contribution in [0.25, 0.3) is 0 Å². The quantitative estimate of drug-likeness (QED) is 0.782. The molecule has 0 saturated heterocycles. The normalized spacial score (nSPS) is 20.6. The minimum atomic E-state index is -0.166. The number of hydrogen-bond acceptors (Lipinski definition) is 5. The van der Waals surface area contributed by atoms with Crippen LogP contribution in [0.5, 0.6) is 0 Å². The molecule has 0 aliphatic heterocycles. The number of nitrogens with zero attached hydrogens (tertiary/aromatic N) is 2. The standard InChI is InChI=1S/C15H16N2O3/c1-10-7-12(10)15(18)19-9-14-16-13(17-20-14)8-11-5-3-2-4-6-11/h2-6,10,12H,7-9H2,1H3/t10-,12-/m1/s1. The van der Waals surface area contributed by atoms with Gasteiger partial charge in [0.2, 0.25) is 0 Å². The number of carbonyl (C=O) groups excluding carboxylic acids is 1. The van der Waals surface area contributed by atoms with Crippen molar-refractivity contribution in [2.24, 2.45) is 11.8 Å². The molecule has 0 amide bonds. The lowest BCUT2D eigenvalue weighted by atomic mass is 10.1. The first-order chi connectivity index (χ1) is 9.72. The lowest BCUT2D eigenvalue weighted by Gasteiger charge is -1.99. The van der Waals surface area contributed by atoms with Crippen LogP contribution in [-0.4, -0.2) is 16.1 Å². The monoisotopic (exact) mass is 272 g/mol.